The molecule has 4 rings (SSSR count). The number of rotatable bonds is 6. The fourth-order valence-electron chi connectivity index (χ4n) is 3.80. The van der Waals surface area contributed by atoms with Gasteiger partial charge in [-0.05, 0) is 44.0 Å². The summed E-state index contributed by atoms with van der Waals surface area (Å²) in [6, 6.07) is 12.1. The van der Waals surface area contributed by atoms with Crippen molar-refractivity contribution in [1.29, 1.82) is 0 Å². The van der Waals surface area contributed by atoms with Crippen molar-refractivity contribution in [1.82, 2.24) is 19.7 Å². The zero-order chi connectivity index (χ0) is 18.8. The molecular formula is C21H26N4O2. The Hall–Kier alpha value is -2.44. The maximum atomic E-state index is 12.6. The number of likely N-dealkylation sites (tertiary alicyclic amines) is 1. The lowest BCUT2D eigenvalue weighted by atomic mass is 10.1. The van der Waals surface area contributed by atoms with Gasteiger partial charge in [-0.15, -0.1) is 0 Å². The lowest BCUT2D eigenvalue weighted by molar-refractivity contribution is 0.0799. The Morgan fingerprint density at radius 3 is 2.81 bits per heavy atom. The van der Waals surface area contributed by atoms with E-state index in [0.29, 0.717) is 12.1 Å². The first-order chi connectivity index (χ1) is 13.1. The molecule has 0 bridgehead atoms. The zero-order valence-electron chi connectivity index (χ0n) is 15.7. The summed E-state index contributed by atoms with van der Waals surface area (Å²) < 4.78 is 1.77. The number of aliphatic hydroxyl groups is 1. The maximum absolute atomic E-state index is 12.6. The molecule has 0 amide bonds. The highest BCUT2D eigenvalue weighted by molar-refractivity contribution is 5.95. The highest BCUT2D eigenvalue weighted by Gasteiger charge is 2.18. The summed E-state index contributed by atoms with van der Waals surface area (Å²) in [6.07, 6.45) is 2.85. The third kappa shape index (κ3) is 3.96. The van der Waals surface area contributed by atoms with Gasteiger partial charge in [0, 0.05) is 37.5 Å². The number of aromatic nitrogens is 3. The monoisotopic (exact) mass is 366 g/mol. The van der Waals surface area contributed by atoms with E-state index >= 15 is 0 Å². The second-order valence-corrected chi connectivity index (χ2v) is 7.41. The number of fused-ring (bicyclic) bond motifs is 1. The van der Waals surface area contributed by atoms with Crippen LogP contribution in [0.2, 0.25) is 0 Å². The van der Waals surface area contributed by atoms with Crippen molar-refractivity contribution in [2.24, 2.45) is 7.05 Å². The summed E-state index contributed by atoms with van der Waals surface area (Å²) in [7, 11) is 1.87. The van der Waals surface area contributed by atoms with E-state index in [4.69, 9.17) is 0 Å². The first kappa shape index (κ1) is 17.9. The molecule has 3 aromatic rings. The Balaban J connectivity index is 1.39. The number of piperidine rings is 1. The molecule has 2 N–H and O–H groups in total. The third-order valence-electron chi connectivity index (χ3n) is 5.41. The van der Waals surface area contributed by atoms with Crippen LogP contribution in [0.5, 0.6) is 0 Å². The van der Waals surface area contributed by atoms with Crippen LogP contribution in [0, 0.1) is 0 Å². The summed E-state index contributed by atoms with van der Waals surface area (Å²) >= 11 is 0. The van der Waals surface area contributed by atoms with Crippen LogP contribution >= 0.6 is 0 Å². The topological polar surface area (TPSA) is 74.2 Å². The number of nitrogens with zero attached hydrogens (tertiary/aromatic N) is 3. The molecule has 1 fully saturated rings. The second-order valence-electron chi connectivity index (χ2n) is 7.41. The number of nitrogens with one attached hydrogen (secondary N) is 1. The van der Waals surface area contributed by atoms with Gasteiger partial charge in [0.05, 0.1) is 17.5 Å². The predicted octanol–water partition coefficient (Wildman–Crippen LogP) is 2.99. The first-order valence-corrected chi connectivity index (χ1v) is 9.66. The van der Waals surface area contributed by atoms with Crippen molar-refractivity contribution in [2.75, 3.05) is 19.6 Å². The molecule has 27 heavy (non-hydrogen) atoms. The van der Waals surface area contributed by atoms with Crippen molar-refractivity contribution in [3.8, 4) is 11.4 Å². The number of aryl methyl sites for hydroxylation is 1. The average molecular weight is 366 g/mol. The van der Waals surface area contributed by atoms with Gasteiger partial charge in [0.2, 0.25) is 0 Å². The number of hydrogen-bond acceptors (Lipinski definition) is 4. The Kier molecular flexibility index (Phi) is 5.09. The van der Waals surface area contributed by atoms with E-state index < -0.39 is 0 Å². The fraction of sp³-hybridized carbons (Fsp3) is 0.429. The van der Waals surface area contributed by atoms with E-state index in [1.165, 1.54) is 0 Å². The summed E-state index contributed by atoms with van der Waals surface area (Å²) in [5.41, 5.74) is 3.49. The van der Waals surface area contributed by atoms with Crippen LogP contribution in [-0.2, 0) is 7.05 Å². The van der Waals surface area contributed by atoms with Gasteiger partial charge in [-0.25, -0.2) is 0 Å². The molecule has 1 aliphatic heterocycles. The highest BCUT2D eigenvalue weighted by atomic mass is 16.3. The Bertz CT molecular complexity index is 902. The number of aromatic amines is 1. The number of benzene rings is 1. The van der Waals surface area contributed by atoms with Crippen molar-refractivity contribution in [3.63, 3.8) is 0 Å². The zero-order valence-corrected chi connectivity index (χ0v) is 15.7. The molecule has 0 radical (unpaired) electrons. The minimum absolute atomic E-state index is 0.0880. The molecule has 2 aromatic heterocycles. The normalized spacial score (nSPS) is 16.2. The molecule has 3 heterocycles. The second kappa shape index (κ2) is 7.66. The summed E-state index contributed by atoms with van der Waals surface area (Å²) in [5, 5.41) is 15.1. The molecule has 0 aliphatic carbocycles. The number of Topliss-reactive ketones (excluding diaryl/α,β-unsaturated/α-hetero) is 1. The minimum Gasteiger partial charge on any atom is -0.393 e. The number of H-pyrrole nitrogens is 1. The quantitative estimate of drug-likeness (QED) is 0.658. The number of hydrogen-bond donors (Lipinski definition) is 2. The van der Waals surface area contributed by atoms with Crippen LogP contribution in [0.25, 0.3) is 22.3 Å². The van der Waals surface area contributed by atoms with Crippen LogP contribution in [0.1, 0.15) is 36.2 Å². The van der Waals surface area contributed by atoms with Gasteiger partial charge in [-0.3, -0.25) is 9.48 Å². The first-order valence-electron chi connectivity index (χ1n) is 9.66. The van der Waals surface area contributed by atoms with Crippen LogP contribution < -0.4 is 0 Å². The van der Waals surface area contributed by atoms with Gasteiger partial charge in [0.25, 0.3) is 0 Å². The molecule has 6 heteroatoms. The third-order valence-corrected chi connectivity index (χ3v) is 5.41. The maximum Gasteiger partial charge on any atom is 0.183 e. The largest absolute Gasteiger partial charge is 0.393 e. The van der Waals surface area contributed by atoms with Gasteiger partial charge in [-0.2, -0.15) is 5.10 Å². The van der Waals surface area contributed by atoms with E-state index in [9.17, 15) is 9.90 Å². The lowest BCUT2D eigenvalue weighted by Gasteiger charge is -2.29. The standard InChI is InChI=1S/C21H26N4O2/c1-24-20(18-13-15-5-2-3-6-17(15)22-18)14-19(23-24)21(27)7-4-10-25-11-8-16(26)9-12-25/h2-3,5-6,13-14,16,22,26H,4,7-12H2,1H3. The number of aliphatic hydroxyl groups excluding tert-OH is 1. The van der Waals surface area contributed by atoms with Crippen molar-refractivity contribution >= 4 is 16.7 Å². The SMILES string of the molecule is Cn1nc(C(=O)CCCN2CCC(O)CC2)cc1-c1cc2ccccc2[nH]1. The molecule has 0 atom stereocenters. The van der Waals surface area contributed by atoms with E-state index in [1.54, 1.807) is 4.68 Å². The fourth-order valence-corrected chi connectivity index (χ4v) is 3.80. The van der Waals surface area contributed by atoms with Crippen LogP contribution in [-0.4, -0.2) is 56.3 Å². The van der Waals surface area contributed by atoms with Gasteiger partial charge in [0.15, 0.2) is 5.78 Å². The summed E-state index contributed by atoms with van der Waals surface area (Å²) in [4.78, 5) is 18.3. The van der Waals surface area contributed by atoms with E-state index in [2.05, 4.69) is 27.1 Å². The van der Waals surface area contributed by atoms with Crippen molar-refractivity contribution < 1.29 is 9.90 Å². The highest BCUT2D eigenvalue weighted by Crippen LogP contribution is 2.24. The van der Waals surface area contributed by atoms with Gasteiger partial charge < -0.3 is 15.0 Å². The predicted molar refractivity (Wildman–Crippen MR) is 106 cm³/mol. The van der Waals surface area contributed by atoms with Crippen LogP contribution in [0.3, 0.4) is 0 Å². The van der Waals surface area contributed by atoms with Crippen molar-refractivity contribution in [3.05, 3.63) is 42.1 Å². The molecular weight excluding hydrogens is 340 g/mol. The molecule has 1 saturated heterocycles. The van der Waals surface area contributed by atoms with Gasteiger partial charge in [-0.1, -0.05) is 18.2 Å². The smallest absolute Gasteiger partial charge is 0.183 e. The molecule has 0 unspecified atom stereocenters. The Morgan fingerprint density at radius 2 is 2.04 bits per heavy atom. The summed E-state index contributed by atoms with van der Waals surface area (Å²) in [6.45, 7) is 2.74. The number of para-hydroxylation sites is 1. The van der Waals surface area contributed by atoms with Crippen LogP contribution in [0.15, 0.2) is 36.4 Å². The lowest BCUT2D eigenvalue weighted by Crippen LogP contribution is -2.36. The molecule has 0 spiro atoms. The number of carbonyl (C=O) groups is 1. The van der Waals surface area contributed by atoms with E-state index in [-0.39, 0.29) is 11.9 Å². The molecule has 0 saturated carbocycles. The molecule has 6 nitrogen and oxygen atoms in total. The van der Waals surface area contributed by atoms with Gasteiger partial charge >= 0.3 is 0 Å². The number of ketones is 1. The van der Waals surface area contributed by atoms with Gasteiger partial charge in [0.1, 0.15) is 5.69 Å². The minimum atomic E-state index is -0.153. The van der Waals surface area contributed by atoms with E-state index in [0.717, 1.165) is 61.2 Å². The molecule has 1 aromatic carbocycles. The average Bonchev–Trinajstić information content (AvgIpc) is 3.26. The van der Waals surface area contributed by atoms with E-state index in [1.807, 2.05) is 31.3 Å². The van der Waals surface area contributed by atoms with Crippen LogP contribution in [0.4, 0.5) is 0 Å². The molecule has 1 aliphatic rings. The molecule has 142 valence electrons. The Labute approximate surface area is 158 Å². The van der Waals surface area contributed by atoms with Crippen molar-refractivity contribution in [2.45, 2.75) is 31.8 Å². The Morgan fingerprint density at radius 1 is 1.26 bits per heavy atom. The summed E-state index contributed by atoms with van der Waals surface area (Å²) in [5.74, 6) is 0.0880. The number of carbonyl (C=O) groups excluding carboxylic acids is 1.